The molecule has 0 aromatic heterocycles. The maximum atomic E-state index is 13.9. The van der Waals surface area contributed by atoms with E-state index >= 15 is 0 Å². The normalized spacial score (nSPS) is 14.2. The number of nitrogens with one attached hydrogen (secondary N) is 1. The van der Waals surface area contributed by atoms with Gasteiger partial charge in [-0.2, -0.15) is 0 Å². The van der Waals surface area contributed by atoms with E-state index in [1.165, 1.54) is 24.8 Å². The molecular weight excluding hydrogens is 261 g/mol. The Morgan fingerprint density at radius 1 is 1.05 bits per heavy atom. The molecule has 2 heteroatoms. The highest BCUT2D eigenvalue weighted by atomic mass is 19.1. The van der Waals surface area contributed by atoms with Crippen LogP contribution in [0, 0.1) is 25.6 Å². The van der Waals surface area contributed by atoms with Gasteiger partial charge in [0.1, 0.15) is 5.82 Å². The van der Waals surface area contributed by atoms with E-state index in [0.717, 1.165) is 30.5 Å². The molecule has 1 N–H and O–H groups in total. The Bertz CT molecular complexity index is 405. The van der Waals surface area contributed by atoms with Crippen molar-refractivity contribution in [2.45, 2.75) is 72.8 Å². The molecule has 1 rings (SSSR count). The maximum absolute atomic E-state index is 13.9. The summed E-state index contributed by atoms with van der Waals surface area (Å²) in [5.41, 5.74) is 2.78. The van der Waals surface area contributed by atoms with Gasteiger partial charge in [0, 0.05) is 6.04 Å². The Balaban J connectivity index is 3.05. The Morgan fingerprint density at radius 3 is 2.14 bits per heavy atom. The van der Waals surface area contributed by atoms with Crippen molar-refractivity contribution in [3.63, 3.8) is 0 Å². The highest BCUT2D eigenvalue weighted by Crippen LogP contribution is 2.31. The van der Waals surface area contributed by atoms with Gasteiger partial charge in [0.2, 0.25) is 0 Å². The predicted octanol–water partition coefficient (Wildman–Crippen LogP) is 5.70. The van der Waals surface area contributed by atoms with Crippen molar-refractivity contribution in [3.05, 3.63) is 34.6 Å². The molecule has 0 amide bonds. The van der Waals surface area contributed by atoms with Crippen LogP contribution in [0.25, 0.3) is 0 Å². The highest BCUT2D eigenvalue weighted by molar-refractivity contribution is 5.32. The Hall–Kier alpha value is -0.890. The second kappa shape index (κ2) is 9.19. The first-order valence-electron chi connectivity index (χ1n) is 8.55. The van der Waals surface area contributed by atoms with Crippen molar-refractivity contribution in [2.24, 2.45) is 5.92 Å². The van der Waals surface area contributed by atoms with Gasteiger partial charge in [0.25, 0.3) is 0 Å². The van der Waals surface area contributed by atoms with Crippen LogP contribution in [-0.2, 0) is 0 Å². The van der Waals surface area contributed by atoms with Gasteiger partial charge in [-0.3, -0.25) is 0 Å². The van der Waals surface area contributed by atoms with Gasteiger partial charge >= 0.3 is 0 Å². The van der Waals surface area contributed by atoms with E-state index in [0.29, 0.717) is 12.0 Å². The summed E-state index contributed by atoms with van der Waals surface area (Å²) in [6, 6.07) is 4.41. The van der Waals surface area contributed by atoms with Crippen LogP contribution in [0.5, 0.6) is 0 Å². The summed E-state index contributed by atoms with van der Waals surface area (Å²) in [5, 5.41) is 3.70. The van der Waals surface area contributed by atoms with Crippen molar-refractivity contribution in [3.8, 4) is 0 Å². The standard InChI is InChI=1S/C19H32FN/c1-6-9-10-16(8-3)19(21-11-7-2)17-12-14(4)18(20)15(5)13-17/h12-13,16,19,21H,6-11H2,1-5H3. The smallest absolute Gasteiger partial charge is 0.129 e. The molecular formula is C19H32FN. The van der Waals surface area contributed by atoms with Crippen LogP contribution >= 0.6 is 0 Å². The van der Waals surface area contributed by atoms with Gasteiger partial charge in [-0.05, 0) is 55.8 Å². The molecule has 0 spiro atoms. The first-order valence-corrected chi connectivity index (χ1v) is 8.55. The Kier molecular flexibility index (Phi) is 7.95. The van der Waals surface area contributed by atoms with E-state index < -0.39 is 0 Å². The van der Waals surface area contributed by atoms with Crippen LogP contribution in [0.15, 0.2) is 12.1 Å². The van der Waals surface area contributed by atoms with Gasteiger partial charge in [-0.15, -0.1) is 0 Å². The highest BCUT2D eigenvalue weighted by Gasteiger charge is 2.22. The van der Waals surface area contributed by atoms with Gasteiger partial charge in [-0.1, -0.05) is 52.2 Å². The molecule has 21 heavy (non-hydrogen) atoms. The van der Waals surface area contributed by atoms with E-state index in [1.54, 1.807) is 0 Å². The second-order valence-corrected chi connectivity index (χ2v) is 6.21. The molecule has 2 unspecified atom stereocenters. The lowest BCUT2D eigenvalue weighted by Gasteiger charge is -2.28. The van der Waals surface area contributed by atoms with Crippen LogP contribution in [0.1, 0.15) is 75.6 Å². The average Bonchev–Trinajstić information content (AvgIpc) is 2.47. The van der Waals surface area contributed by atoms with Crippen molar-refractivity contribution >= 4 is 0 Å². The topological polar surface area (TPSA) is 12.0 Å². The molecule has 0 aliphatic rings. The summed E-state index contributed by atoms with van der Waals surface area (Å²) in [6.45, 7) is 11.5. The number of unbranched alkanes of at least 4 members (excludes halogenated alkanes) is 1. The molecule has 2 atom stereocenters. The van der Waals surface area contributed by atoms with Gasteiger partial charge in [0.05, 0.1) is 0 Å². The maximum Gasteiger partial charge on any atom is 0.129 e. The molecule has 0 aliphatic carbocycles. The molecule has 0 saturated heterocycles. The minimum absolute atomic E-state index is 0.0606. The molecule has 1 aromatic rings. The molecule has 120 valence electrons. The quantitative estimate of drug-likeness (QED) is 0.616. The van der Waals surface area contributed by atoms with E-state index in [2.05, 4.69) is 26.1 Å². The first-order chi connectivity index (χ1) is 10.0. The van der Waals surface area contributed by atoms with Gasteiger partial charge < -0.3 is 5.32 Å². The minimum Gasteiger partial charge on any atom is -0.310 e. The molecule has 1 nitrogen and oxygen atoms in total. The molecule has 0 radical (unpaired) electrons. The predicted molar refractivity (Wildman–Crippen MR) is 90.2 cm³/mol. The van der Waals surface area contributed by atoms with Crippen molar-refractivity contribution in [1.29, 1.82) is 0 Å². The number of benzene rings is 1. The van der Waals surface area contributed by atoms with Crippen LogP contribution in [-0.4, -0.2) is 6.54 Å². The third kappa shape index (κ3) is 5.10. The third-order valence-electron chi connectivity index (χ3n) is 4.36. The second-order valence-electron chi connectivity index (χ2n) is 6.21. The molecule has 0 saturated carbocycles. The van der Waals surface area contributed by atoms with Crippen molar-refractivity contribution in [2.75, 3.05) is 6.54 Å². The fourth-order valence-corrected chi connectivity index (χ4v) is 3.09. The fraction of sp³-hybridized carbons (Fsp3) is 0.684. The first kappa shape index (κ1) is 18.2. The Morgan fingerprint density at radius 2 is 1.67 bits per heavy atom. The van der Waals surface area contributed by atoms with Crippen LogP contribution in [0.4, 0.5) is 4.39 Å². The molecule has 0 aliphatic heterocycles. The molecule has 0 fully saturated rings. The zero-order chi connectivity index (χ0) is 15.8. The largest absolute Gasteiger partial charge is 0.310 e. The van der Waals surface area contributed by atoms with Gasteiger partial charge in [0.15, 0.2) is 0 Å². The number of aryl methyl sites for hydroxylation is 2. The summed E-state index contributed by atoms with van der Waals surface area (Å²) in [4.78, 5) is 0. The van der Waals surface area contributed by atoms with E-state index in [4.69, 9.17) is 0 Å². The number of hydrogen-bond acceptors (Lipinski definition) is 1. The number of halogens is 1. The van der Waals surface area contributed by atoms with Crippen molar-refractivity contribution in [1.82, 2.24) is 5.32 Å². The summed E-state index contributed by atoms with van der Waals surface area (Å²) < 4.78 is 13.9. The van der Waals surface area contributed by atoms with Crippen LogP contribution in [0.2, 0.25) is 0 Å². The summed E-state index contributed by atoms with van der Waals surface area (Å²) in [7, 11) is 0. The average molecular weight is 293 g/mol. The molecule has 0 heterocycles. The van der Waals surface area contributed by atoms with E-state index in [-0.39, 0.29) is 5.82 Å². The molecule has 1 aromatic carbocycles. The fourth-order valence-electron chi connectivity index (χ4n) is 3.09. The Labute approximate surface area is 130 Å². The zero-order valence-corrected chi connectivity index (χ0v) is 14.4. The van der Waals surface area contributed by atoms with Crippen molar-refractivity contribution < 1.29 is 4.39 Å². The summed E-state index contributed by atoms with van der Waals surface area (Å²) in [5.74, 6) is 0.565. The number of rotatable bonds is 9. The van der Waals surface area contributed by atoms with E-state index in [9.17, 15) is 4.39 Å². The van der Waals surface area contributed by atoms with Crippen LogP contribution < -0.4 is 5.32 Å². The minimum atomic E-state index is -0.0606. The third-order valence-corrected chi connectivity index (χ3v) is 4.36. The lowest BCUT2D eigenvalue weighted by Crippen LogP contribution is -2.29. The zero-order valence-electron chi connectivity index (χ0n) is 14.4. The van der Waals surface area contributed by atoms with Gasteiger partial charge in [-0.25, -0.2) is 4.39 Å². The lowest BCUT2D eigenvalue weighted by molar-refractivity contribution is 0.323. The summed E-state index contributed by atoms with van der Waals surface area (Å²) >= 11 is 0. The number of hydrogen-bond donors (Lipinski definition) is 1. The SMILES string of the molecule is CCCCC(CC)C(NCCC)c1cc(C)c(F)c(C)c1. The van der Waals surface area contributed by atoms with Crippen LogP contribution in [0.3, 0.4) is 0 Å². The summed E-state index contributed by atoms with van der Waals surface area (Å²) in [6.07, 6.45) is 6.03. The molecule has 0 bridgehead atoms. The lowest BCUT2D eigenvalue weighted by atomic mass is 9.85. The van der Waals surface area contributed by atoms with E-state index in [1.807, 2.05) is 26.0 Å². The monoisotopic (exact) mass is 293 g/mol.